The first kappa shape index (κ1) is 25.5. The predicted octanol–water partition coefficient (Wildman–Crippen LogP) is 4.64. The van der Waals surface area contributed by atoms with Crippen LogP contribution in [-0.4, -0.2) is 33.8 Å². The van der Waals surface area contributed by atoms with Gasteiger partial charge in [-0.05, 0) is 37.6 Å². The molecule has 0 bridgehead atoms. The van der Waals surface area contributed by atoms with Crippen LogP contribution in [0.4, 0.5) is 40.7 Å². The van der Waals surface area contributed by atoms with Gasteiger partial charge in [-0.25, -0.2) is 19.0 Å². The summed E-state index contributed by atoms with van der Waals surface area (Å²) in [4.78, 5) is 32.1. The van der Waals surface area contributed by atoms with E-state index in [0.717, 1.165) is 4.57 Å². The van der Waals surface area contributed by atoms with Crippen LogP contribution in [0, 0.1) is 19.7 Å². The van der Waals surface area contributed by atoms with Crippen LogP contribution in [0.25, 0.3) is 11.1 Å². The maximum atomic E-state index is 14.1. The Morgan fingerprint density at radius 1 is 1.14 bits per heavy atom. The molecule has 4 aromatic rings. The van der Waals surface area contributed by atoms with Crippen molar-refractivity contribution in [1.29, 1.82) is 0 Å². The highest BCUT2D eigenvalue weighted by Gasteiger charge is 2.42. The fourth-order valence-electron chi connectivity index (χ4n) is 3.40. The molecule has 2 aromatic heterocycles. The topological polar surface area (TPSA) is 121 Å². The summed E-state index contributed by atoms with van der Waals surface area (Å²) in [5.41, 5.74) is 0.834. The first-order chi connectivity index (χ1) is 17.4. The summed E-state index contributed by atoms with van der Waals surface area (Å²) < 4.78 is 68.6. The maximum Gasteiger partial charge on any atom is 0.491 e. The van der Waals surface area contributed by atoms with E-state index in [4.69, 9.17) is 9.15 Å². The number of methoxy groups -OCH3 is 1. The van der Waals surface area contributed by atoms with Crippen molar-refractivity contribution in [3.63, 3.8) is 0 Å². The number of anilines is 4. The maximum absolute atomic E-state index is 14.1. The minimum Gasteiger partial charge on any atom is -0.494 e. The van der Waals surface area contributed by atoms with Gasteiger partial charge in [-0.15, -0.1) is 0 Å². The summed E-state index contributed by atoms with van der Waals surface area (Å²) in [5, 5.41) is 5.72. The lowest BCUT2D eigenvalue weighted by Gasteiger charge is -2.16. The van der Waals surface area contributed by atoms with E-state index in [1.807, 2.05) is 0 Å². The molecule has 37 heavy (non-hydrogen) atoms. The van der Waals surface area contributed by atoms with Crippen LogP contribution in [0.15, 0.2) is 39.7 Å². The lowest BCUT2D eigenvalue weighted by molar-refractivity contribution is -0.189. The molecule has 0 radical (unpaired) electrons. The number of alkyl halides is 3. The number of benzene rings is 2. The Hall–Kier alpha value is -4.62. The first-order valence-corrected chi connectivity index (χ1v) is 10.5. The number of oxazole rings is 1. The Labute approximate surface area is 205 Å². The highest BCUT2D eigenvalue weighted by atomic mass is 19.4. The molecule has 194 valence electrons. The predicted molar refractivity (Wildman–Crippen MR) is 124 cm³/mol. The molecule has 0 aliphatic rings. The zero-order valence-electron chi connectivity index (χ0n) is 19.8. The molecule has 4 rings (SSSR count). The molecule has 0 aliphatic heterocycles. The van der Waals surface area contributed by atoms with Gasteiger partial charge < -0.3 is 24.5 Å². The van der Waals surface area contributed by atoms with Gasteiger partial charge in [0.15, 0.2) is 22.9 Å². The summed E-state index contributed by atoms with van der Waals surface area (Å²) in [6, 6.07) is 5.51. The third-order valence-corrected chi connectivity index (χ3v) is 5.25. The number of hydrogen-bond acceptors (Lipinski definition) is 9. The van der Waals surface area contributed by atoms with Gasteiger partial charge in [-0.2, -0.15) is 18.2 Å². The van der Waals surface area contributed by atoms with E-state index in [9.17, 15) is 27.2 Å². The van der Waals surface area contributed by atoms with Crippen molar-refractivity contribution in [2.75, 3.05) is 17.7 Å². The fraction of sp³-hybridized carbons (Fsp3) is 0.217. The van der Waals surface area contributed by atoms with E-state index >= 15 is 0 Å². The molecule has 2 heterocycles. The molecule has 0 fully saturated rings. The van der Waals surface area contributed by atoms with Crippen molar-refractivity contribution in [3.8, 4) is 11.5 Å². The number of hydrogen-bond donors (Lipinski definition) is 2. The number of esters is 1. The molecule has 0 unspecified atom stereocenters. The SMILES string of the molecule is COc1cc(Nc2ncc(C)c(Nc3ccc4oc(=O)n(C)c4c3OC(=O)C(F)(F)F)n2)cc(C)c1F. The minimum absolute atomic E-state index is 0.00288. The Bertz CT molecular complexity index is 1580. The van der Waals surface area contributed by atoms with Gasteiger partial charge in [0, 0.05) is 30.6 Å². The fourth-order valence-corrected chi connectivity index (χ4v) is 3.40. The summed E-state index contributed by atoms with van der Waals surface area (Å²) in [5.74, 6) is -4.26. The van der Waals surface area contributed by atoms with Crippen LogP contribution in [0.1, 0.15) is 11.1 Å². The number of nitrogens with one attached hydrogen (secondary N) is 2. The monoisotopic (exact) mass is 521 g/mol. The number of nitrogens with zero attached hydrogens (tertiary/aromatic N) is 3. The Kier molecular flexibility index (Phi) is 6.50. The molecule has 0 saturated heterocycles. The van der Waals surface area contributed by atoms with Gasteiger partial charge in [0.2, 0.25) is 5.95 Å². The Morgan fingerprint density at radius 3 is 2.54 bits per heavy atom. The summed E-state index contributed by atoms with van der Waals surface area (Å²) in [6.45, 7) is 3.18. The number of aromatic nitrogens is 3. The first-order valence-electron chi connectivity index (χ1n) is 10.5. The zero-order chi connectivity index (χ0) is 27.1. The van der Waals surface area contributed by atoms with Crippen molar-refractivity contribution < 1.29 is 36.2 Å². The third-order valence-electron chi connectivity index (χ3n) is 5.25. The van der Waals surface area contributed by atoms with Crippen LogP contribution < -0.4 is 25.9 Å². The second-order valence-corrected chi connectivity index (χ2v) is 7.89. The molecule has 2 N–H and O–H groups in total. The minimum atomic E-state index is -5.29. The number of fused-ring (bicyclic) bond motifs is 1. The van der Waals surface area contributed by atoms with Gasteiger partial charge in [0.05, 0.1) is 12.8 Å². The lowest BCUT2D eigenvalue weighted by atomic mass is 10.2. The highest BCUT2D eigenvalue weighted by Crippen LogP contribution is 2.37. The molecule has 0 saturated carbocycles. The smallest absolute Gasteiger partial charge is 0.491 e. The standard InChI is InChI=1S/C23H19F4N5O5/c1-10-7-12(8-15(35-4)16(10)24)29-21-28-9-11(2)19(31-21)30-13-5-6-14-17(32(3)22(34)36-14)18(13)37-20(33)23(25,26)27/h5-9H,1-4H3,(H2,28,29,30,31). The van der Waals surface area contributed by atoms with E-state index in [1.54, 1.807) is 13.8 Å². The lowest BCUT2D eigenvalue weighted by Crippen LogP contribution is -2.28. The number of rotatable bonds is 6. The van der Waals surface area contributed by atoms with E-state index < -0.39 is 29.5 Å². The second-order valence-electron chi connectivity index (χ2n) is 7.89. The van der Waals surface area contributed by atoms with E-state index in [0.29, 0.717) is 16.8 Å². The molecule has 2 aromatic carbocycles. The Balaban J connectivity index is 1.74. The number of aryl methyl sites for hydroxylation is 3. The summed E-state index contributed by atoms with van der Waals surface area (Å²) in [6.07, 6.45) is -3.86. The van der Waals surface area contributed by atoms with E-state index in [2.05, 4.69) is 25.3 Å². The average Bonchev–Trinajstić information content (AvgIpc) is 3.12. The zero-order valence-corrected chi connectivity index (χ0v) is 19.8. The van der Waals surface area contributed by atoms with Crippen molar-refractivity contribution in [2.45, 2.75) is 20.0 Å². The molecule has 14 heteroatoms. The van der Waals surface area contributed by atoms with Crippen LogP contribution >= 0.6 is 0 Å². The van der Waals surface area contributed by atoms with E-state index in [-0.39, 0.29) is 34.3 Å². The molecule has 0 aliphatic carbocycles. The van der Waals surface area contributed by atoms with Crippen molar-refractivity contribution in [1.82, 2.24) is 14.5 Å². The largest absolute Gasteiger partial charge is 0.494 e. The average molecular weight is 521 g/mol. The quantitative estimate of drug-likeness (QED) is 0.212. The molecule has 0 spiro atoms. The van der Waals surface area contributed by atoms with Crippen molar-refractivity contribution in [2.24, 2.45) is 7.05 Å². The highest BCUT2D eigenvalue weighted by molar-refractivity contribution is 5.92. The van der Waals surface area contributed by atoms with Gasteiger partial charge in [0.1, 0.15) is 11.3 Å². The van der Waals surface area contributed by atoms with Crippen molar-refractivity contribution in [3.05, 3.63) is 58.0 Å². The third kappa shape index (κ3) is 5.03. The molecular formula is C23H19F4N5O5. The number of halogens is 4. The number of ether oxygens (including phenoxy) is 2. The Morgan fingerprint density at radius 2 is 1.86 bits per heavy atom. The van der Waals surface area contributed by atoms with Crippen LogP contribution in [0.3, 0.4) is 0 Å². The second kappa shape index (κ2) is 9.44. The summed E-state index contributed by atoms with van der Waals surface area (Å²) >= 11 is 0. The van der Waals surface area contributed by atoms with Gasteiger partial charge >= 0.3 is 17.9 Å². The molecular weight excluding hydrogens is 502 g/mol. The molecule has 10 nitrogen and oxygen atoms in total. The van der Waals surface area contributed by atoms with Gasteiger partial charge in [-0.1, -0.05) is 0 Å². The van der Waals surface area contributed by atoms with Crippen LogP contribution in [0.2, 0.25) is 0 Å². The van der Waals surface area contributed by atoms with Gasteiger partial charge in [-0.3, -0.25) is 4.57 Å². The normalized spacial score (nSPS) is 11.5. The summed E-state index contributed by atoms with van der Waals surface area (Å²) in [7, 11) is 2.57. The van der Waals surface area contributed by atoms with Crippen LogP contribution in [0.5, 0.6) is 11.5 Å². The number of carbonyl (C=O) groups excluding carboxylic acids is 1. The van der Waals surface area contributed by atoms with Gasteiger partial charge in [0.25, 0.3) is 0 Å². The molecule has 0 atom stereocenters. The van der Waals surface area contributed by atoms with E-state index in [1.165, 1.54) is 44.6 Å². The molecule has 0 amide bonds. The van der Waals surface area contributed by atoms with Crippen LogP contribution in [-0.2, 0) is 11.8 Å². The van der Waals surface area contributed by atoms with Crippen molar-refractivity contribution >= 4 is 40.2 Å². The number of carbonyl (C=O) groups is 1.